The SMILES string of the molecule is NC1CCC(C(=O)Nc2ccccc2OC(F)F)CC1. The zero-order valence-corrected chi connectivity index (χ0v) is 11.0. The molecule has 0 unspecified atom stereocenters. The molecule has 0 spiro atoms. The summed E-state index contributed by atoms with van der Waals surface area (Å²) in [7, 11) is 0. The number of hydrogen-bond donors (Lipinski definition) is 2. The van der Waals surface area contributed by atoms with E-state index in [1.807, 2.05) is 0 Å². The highest BCUT2D eigenvalue weighted by molar-refractivity contribution is 5.94. The summed E-state index contributed by atoms with van der Waals surface area (Å²) in [6.45, 7) is -2.92. The first-order chi connectivity index (χ1) is 9.56. The monoisotopic (exact) mass is 284 g/mol. The average Bonchev–Trinajstić information content (AvgIpc) is 2.41. The molecular weight excluding hydrogens is 266 g/mol. The largest absolute Gasteiger partial charge is 0.433 e. The van der Waals surface area contributed by atoms with Gasteiger partial charge in [0, 0.05) is 12.0 Å². The molecule has 3 N–H and O–H groups in total. The summed E-state index contributed by atoms with van der Waals surface area (Å²) in [5.74, 6) is -0.306. The van der Waals surface area contributed by atoms with Crippen LogP contribution < -0.4 is 15.8 Å². The van der Waals surface area contributed by atoms with E-state index in [2.05, 4.69) is 10.1 Å². The van der Waals surface area contributed by atoms with Gasteiger partial charge in [-0.15, -0.1) is 0 Å². The number of halogens is 2. The van der Waals surface area contributed by atoms with Crippen LogP contribution in [0.15, 0.2) is 24.3 Å². The Hall–Kier alpha value is -1.69. The van der Waals surface area contributed by atoms with Crippen molar-refractivity contribution in [3.63, 3.8) is 0 Å². The lowest BCUT2D eigenvalue weighted by atomic mass is 9.86. The highest BCUT2D eigenvalue weighted by Gasteiger charge is 2.25. The molecule has 20 heavy (non-hydrogen) atoms. The summed E-state index contributed by atoms with van der Waals surface area (Å²) >= 11 is 0. The minimum absolute atomic E-state index is 0.0247. The van der Waals surface area contributed by atoms with E-state index in [9.17, 15) is 13.6 Å². The van der Waals surface area contributed by atoms with E-state index in [-0.39, 0.29) is 29.3 Å². The van der Waals surface area contributed by atoms with E-state index in [0.717, 1.165) is 25.7 Å². The van der Waals surface area contributed by atoms with E-state index in [4.69, 9.17) is 5.73 Å². The van der Waals surface area contributed by atoms with Crippen molar-refractivity contribution >= 4 is 11.6 Å². The second-order valence-corrected chi connectivity index (χ2v) is 4.98. The third-order valence-electron chi connectivity index (χ3n) is 3.50. The molecule has 0 radical (unpaired) electrons. The first-order valence-electron chi connectivity index (χ1n) is 6.66. The number of para-hydroxylation sites is 2. The van der Waals surface area contributed by atoms with Crippen LogP contribution in [0.25, 0.3) is 0 Å². The van der Waals surface area contributed by atoms with Crippen LogP contribution in [-0.4, -0.2) is 18.6 Å². The molecule has 0 aliphatic heterocycles. The maximum absolute atomic E-state index is 12.3. The van der Waals surface area contributed by atoms with Gasteiger partial charge >= 0.3 is 6.61 Å². The Bertz CT molecular complexity index is 460. The van der Waals surface area contributed by atoms with Gasteiger partial charge in [-0.1, -0.05) is 12.1 Å². The number of hydrogen-bond acceptors (Lipinski definition) is 3. The van der Waals surface area contributed by atoms with Gasteiger partial charge in [0.1, 0.15) is 5.75 Å². The number of carbonyl (C=O) groups excluding carboxylic acids is 1. The molecule has 1 amide bonds. The first kappa shape index (κ1) is 14.7. The number of rotatable bonds is 4. The number of benzene rings is 1. The lowest BCUT2D eigenvalue weighted by Gasteiger charge is -2.25. The smallest absolute Gasteiger partial charge is 0.387 e. The molecule has 1 aliphatic carbocycles. The number of alkyl halides is 2. The Morgan fingerprint density at radius 1 is 1.25 bits per heavy atom. The van der Waals surface area contributed by atoms with Crippen molar-refractivity contribution in [3.8, 4) is 5.75 Å². The molecule has 4 nitrogen and oxygen atoms in total. The van der Waals surface area contributed by atoms with Crippen LogP contribution in [-0.2, 0) is 4.79 Å². The van der Waals surface area contributed by atoms with Crippen molar-refractivity contribution in [2.24, 2.45) is 11.7 Å². The average molecular weight is 284 g/mol. The third kappa shape index (κ3) is 3.90. The van der Waals surface area contributed by atoms with Gasteiger partial charge in [0.25, 0.3) is 0 Å². The zero-order valence-electron chi connectivity index (χ0n) is 11.0. The quantitative estimate of drug-likeness (QED) is 0.893. The third-order valence-corrected chi connectivity index (χ3v) is 3.50. The Morgan fingerprint density at radius 2 is 1.90 bits per heavy atom. The van der Waals surface area contributed by atoms with E-state index >= 15 is 0 Å². The topological polar surface area (TPSA) is 64.4 Å². The van der Waals surface area contributed by atoms with Crippen molar-refractivity contribution in [3.05, 3.63) is 24.3 Å². The number of nitrogens with two attached hydrogens (primary N) is 1. The van der Waals surface area contributed by atoms with Crippen molar-refractivity contribution in [1.29, 1.82) is 0 Å². The number of carbonyl (C=O) groups is 1. The molecule has 0 aromatic heterocycles. The molecule has 1 aliphatic rings. The number of anilines is 1. The van der Waals surface area contributed by atoms with E-state index in [1.165, 1.54) is 6.07 Å². The predicted molar refractivity (Wildman–Crippen MR) is 71.6 cm³/mol. The van der Waals surface area contributed by atoms with Crippen LogP contribution in [0, 0.1) is 5.92 Å². The van der Waals surface area contributed by atoms with Crippen LogP contribution in [0.2, 0.25) is 0 Å². The summed E-state index contributed by atoms with van der Waals surface area (Å²) in [6, 6.07) is 6.34. The van der Waals surface area contributed by atoms with Crippen molar-refractivity contribution < 1.29 is 18.3 Å². The second-order valence-electron chi connectivity index (χ2n) is 4.98. The molecule has 1 aromatic carbocycles. The first-order valence-corrected chi connectivity index (χ1v) is 6.66. The zero-order chi connectivity index (χ0) is 14.5. The van der Waals surface area contributed by atoms with Gasteiger partial charge in [0.2, 0.25) is 5.91 Å². The van der Waals surface area contributed by atoms with E-state index in [1.54, 1.807) is 18.2 Å². The fraction of sp³-hybridized carbons (Fsp3) is 0.500. The Labute approximate surface area is 116 Å². The number of nitrogens with one attached hydrogen (secondary N) is 1. The lowest BCUT2D eigenvalue weighted by Crippen LogP contribution is -2.32. The summed E-state index contributed by atoms with van der Waals surface area (Å²) in [6.07, 6.45) is 3.08. The molecule has 0 saturated heterocycles. The number of ether oxygens (including phenoxy) is 1. The van der Waals surface area contributed by atoms with Crippen LogP contribution in [0.1, 0.15) is 25.7 Å². The van der Waals surface area contributed by atoms with Crippen molar-refractivity contribution in [2.45, 2.75) is 38.3 Å². The minimum atomic E-state index is -2.92. The van der Waals surface area contributed by atoms with Gasteiger partial charge in [-0.05, 0) is 37.8 Å². The highest BCUT2D eigenvalue weighted by atomic mass is 19.3. The van der Waals surface area contributed by atoms with Crippen LogP contribution >= 0.6 is 0 Å². The normalized spacial score (nSPS) is 22.6. The molecule has 110 valence electrons. The summed E-state index contributed by atoms with van der Waals surface area (Å²) in [5.41, 5.74) is 6.06. The molecule has 6 heteroatoms. The van der Waals surface area contributed by atoms with Gasteiger partial charge < -0.3 is 15.8 Å². The molecule has 2 rings (SSSR count). The Kier molecular flexibility index (Phi) is 4.89. The number of amides is 1. The van der Waals surface area contributed by atoms with Gasteiger partial charge in [-0.3, -0.25) is 4.79 Å². The fourth-order valence-electron chi connectivity index (χ4n) is 2.38. The maximum Gasteiger partial charge on any atom is 0.387 e. The van der Waals surface area contributed by atoms with Crippen molar-refractivity contribution in [1.82, 2.24) is 0 Å². The van der Waals surface area contributed by atoms with Crippen LogP contribution in [0.5, 0.6) is 5.75 Å². The Morgan fingerprint density at radius 3 is 2.55 bits per heavy atom. The lowest BCUT2D eigenvalue weighted by molar-refractivity contribution is -0.120. The molecule has 1 saturated carbocycles. The second kappa shape index (κ2) is 6.65. The summed E-state index contributed by atoms with van der Waals surface area (Å²) in [4.78, 5) is 12.1. The predicted octanol–water partition coefficient (Wildman–Crippen LogP) is 2.74. The highest BCUT2D eigenvalue weighted by Crippen LogP contribution is 2.28. The van der Waals surface area contributed by atoms with Gasteiger partial charge in [0.15, 0.2) is 0 Å². The molecule has 1 aromatic rings. The van der Waals surface area contributed by atoms with Crippen LogP contribution in [0.3, 0.4) is 0 Å². The minimum Gasteiger partial charge on any atom is -0.433 e. The Balaban J connectivity index is 2.00. The van der Waals surface area contributed by atoms with Crippen molar-refractivity contribution in [2.75, 3.05) is 5.32 Å². The molecule has 1 fully saturated rings. The van der Waals surface area contributed by atoms with Gasteiger partial charge in [-0.25, -0.2) is 0 Å². The molecule has 0 bridgehead atoms. The summed E-state index contributed by atoms with van der Waals surface area (Å²) < 4.78 is 29.0. The standard InChI is InChI=1S/C14H18F2N2O2/c15-14(16)20-12-4-2-1-3-11(12)18-13(19)9-5-7-10(17)8-6-9/h1-4,9-10,14H,5-8,17H2,(H,18,19). The van der Waals surface area contributed by atoms with E-state index < -0.39 is 6.61 Å². The van der Waals surface area contributed by atoms with E-state index in [0.29, 0.717) is 0 Å². The maximum atomic E-state index is 12.3. The molecule has 0 atom stereocenters. The fourth-order valence-corrected chi connectivity index (χ4v) is 2.38. The van der Waals surface area contributed by atoms with Gasteiger partial charge in [-0.2, -0.15) is 8.78 Å². The summed E-state index contributed by atoms with van der Waals surface area (Å²) in [5, 5.41) is 2.66. The van der Waals surface area contributed by atoms with Gasteiger partial charge in [0.05, 0.1) is 5.69 Å². The molecule has 0 heterocycles. The van der Waals surface area contributed by atoms with Crippen LogP contribution in [0.4, 0.5) is 14.5 Å². The molecular formula is C14H18F2N2O2.